The van der Waals surface area contributed by atoms with Gasteiger partial charge in [-0.05, 0) is 30.5 Å². The van der Waals surface area contributed by atoms with Crippen LogP contribution >= 0.6 is 0 Å². The Morgan fingerprint density at radius 2 is 2.16 bits per heavy atom. The van der Waals surface area contributed by atoms with E-state index in [9.17, 15) is 14.9 Å². The topological polar surface area (TPSA) is 92.9 Å². The minimum Gasteiger partial charge on any atom is -0.480 e. The van der Waals surface area contributed by atoms with Crippen molar-refractivity contribution in [1.29, 1.82) is 0 Å². The Labute approximate surface area is 109 Å². The summed E-state index contributed by atoms with van der Waals surface area (Å²) in [5, 5.41) is 20.9. The largest absolute Gasteiger partial charge is 0.480 e. The highest BCUT2D eigenvalue weighted by atomic mass is 16.7. The predicted molar refractivity (Wildman–Crippen MR) is 65.2 cm³/mol. The summed E-state index contributed by atoms with van der Waals surface area (Å²) in [5.41, 5.74) is 0.787. The molecule has 1 aromatic carbocycles. The van der Waals surface area contributed by atoms with Crippen molar-refractivity contribution in [2.24, 2.45) is 0 Å². The first-order chi connectivity index (χ1) is 9.08. The van der Waals surface area contributed by atoms with Crippen LogP contribution < -0.4 is 0 Å². The number of nitro groups is 1. The molecule has 0 spiro atoms. The molecular formula is C12H14N2O5. The van der Waals surface area contributed by atoms with E-state index in [1.807, 2.05) is 0 Å². The summed E-state index contributed by atoms with van der Waals surface area (Å²) in [6.07, 6.45) is 1.37. The van der Waals surface area contributed by atoms with Gasteiger partial charge in [0, 0.05) is 18.7 Å². The second-order valence-corrected chi connectivity index (χ2v) is 4.33. The second-order valence-electron chi connectivity index (χ2n) is 4.33. The van der Waals surface area contributed by atoms with Crippen LogP contribution in [0.25, 0.3) is 0 Å². The van der Waals surface area contributed by atoms with Crippen molar-refractivity contribution in [2.75, 3.05) is 6.54 Å². The Morgan fingerprint density at radius 1 is 1.47 bits per heavy atom. The number of nitro benzene ring substituents is 1. The standard InChI is InChI=1S/C12H14N2O5/c15-12(16)11-2-1-7-13(11)19-8-9-3-5-10(6-4-9)14(17)18/h3-6,11H,1-2,7-8H2,(H,15,16)/t11-/m0/s1. The first-order valence-electron chi connectivity index (χ1n) is 5.93. The number of rotatable bonds is 5. The van der Waals surface area contributed by atoms with Crippen LogP contribution in [0.15, 0.2) is 24.3 Å². The maximum atomic E-state index is 10.9. The van der Waals surface area contributed by atoms with Crippen molar-refractivity contribution in [1.82, 2.24) is 5.06 Å². The fraction of sp³-hybridized carbons (Fsp3) is 0.417. The molecule has 0 aliphatic carbocycles. The highest BCUT2D eigenvalue weighted by molar-refractivity contribution is 5.73. The maximum absolute atomic E-state index is 10.9. The van der Waals surface area contributed by atoms with Crippen LogP contribution in [0.3, 0.4) is 0 Å². The lowest BCUT2D eigenvalue weighted by atomic mass is 10.2. The van der Waals surface area contributed by atoms with Gasteiger partial charge in [0.1, 0.15) is 6.04 Å². The number of nitrogens with zero attached hydrogens (tertiary/aromatic N) is 2. The van der Waals surface area contributed by atoms with Crippen molar-refractivity contribution in [3.05, 3.63) is 39.9 Å². The number of carboxylic acids is 1. The van der Waals surface area contributed by atoms with Gasteiger partial charge >= 0.3 is 5.97 Å². The molecule has 19 heavy (non-hydrogen) atoms. The van der Waals surface area contributed by atoms with Crippen molar-refractivity contribution in [3.8, 4) is 0 Å². The summed E-state index contributed by atoms with van der Waals surface area (Å²) in [7, 11) is 0. The number of aliphatic carboxylic acids is 1. The number of carbonyl (C=O) groups is 1. The van der Waals surface area contributed by atoms with E-state index in [1.165, 1.54) is 17.2 Å². The Kier molecular flexibility index (Phi) is 4.08. The van der Waals surface area contributed by atoms with Crippen molar-refractivity contribution < 1.29 is 19.7 Å². The van der Waals surface area contributed by atoms with Gasteiger partial charge in [-0.15, -0.1) is 0 Å². The molecule has 0 unspecified atom stereocenters. The van der Waals surface area contributed by atoms with E-state index in [0.717, 1.165) is 12.0 Å². The molecule has 1 N–H and O–H groups in total. The van der Waals surface area contributed by atoms with Crippen LogP contribution in [0, 0.1) is 10.1 Å². The van der Waals surface area contributed by atoms with Gasteiger partial charge in [-0.3, -0.25) is 19.7 Å². The van der Waals surface area contributed by atoms with Crippen LogP contribution in [0.5, 0.6) is 0 Å². The Morgan fingerprint density at radius 3 is 2.74 bits per heavy atom. The molecule has 0 bridgehead atoms. The fourth-order valence-electron chi connectivity index (χ4n) is 2.01. The van der Waals surface area contributed by atoms with Gasteiger partial charge in [-0.1, -0.05) is 0 Å². The number of carboxylic acid groups (broad SMARTS) is 1. The number of hydroxylamine groups is 2. The SMILES string of the molecule is O=C(O)[C@@H]1CCCN1OCc1ccc([N+](=O)[O-])cc1. The van der Waals surface area contributed by atoms with Gasteiger partial charge in [0.15, 0.2) is 0 Å². The maximum Gasteiger partial charge on any atom is 0.323 e. The molecule has 7 heteroatoms. The van der Waals surface area contributed by atoms with Crippen LogP contribution in [-0.4, -0.2) is 33.6 Å². The van der Waals surface area contributed by atoms with E-state index >= 15 is 0 Å². The summed E-state index contributed by atoms with van der Waals surface area (Å²) in [5.74, 6) is -0.888. The number of hydrogen-bond acceptors (Lipinski definition) is 5. The Balaban J connectivity index is 1.91. The number of non-ortho nitro benzene ring substituents is 1. The molecule has 1 aromatic rings. The average Bonchev–Trinajstić information content (AvgIpc) is 2.85. The summed E-state index contributed by atoms with van der Waals surface area (Å²) >= 11 is 0. The molecule has 1 atom stereocenters. The zero-order chi connectivity index (χ0) is 13.8. The molecule has 1 aliphatic rings. The molecule has 1 aliphatic heterocycles. The predicted octanol–water partition coefficient (Wildman–Crippen LogP) is 1.58. The third-order valence-corrected chi connectivity index (χ3v) is 3.03. The first kappa shape index (κ1) is 13.4. The van der Waals surface area contributed by atoms with Crippen LogP contribution in [0.1, 0.15) is 18.4 Å². The molecule has 102 valence electrons. The van der Waals surface area contributed by atoms with E-state index < -0.39 is 16.9 Å². The molecule has 0 radical (unpaired) electrons. The Bertz CT molecular complexity index is 474. The van der Waals surface area contributed by atoms with E-state index in [1.54, 1.807) is 12.1 Å². The van der Waals surface area contributed by atoms with Crippen LogP contribution in [-0.2, 0) is 16.2 Å². The molecule has 1 saturated heterocycles. The van der Waals surface area contributed by atoms with E-state index in [4.69, 9.17) is 9.94 Å². The van der Waals surface area contributed by atoms with Gasteiger partial charge in [0.2, 0.25) is 0 Å². The number of hydrogen-bond donors (Lipinski definition) is 1. The van der Waals surface area contributed by atoms with Crippen LogP contribution in [0.2, 0.25) is 0 Å². The van der Waals surface area contributed by atoms with Gasteiger partial charge in [-0.2, -0.15) is 5.06 Å². The summed E-state index contributed by atoms with van der Waals surface area (Å²) in [6.45, 7) is 0.797. The monoisotopic (exact) mass is 266 g/mol. The third kappa shape index (κ3) is 3.27. The second kappa shape index (κ2) is 5.77. The lowest BCUT2D eigenvalue weighted by molar-refractivity contribution is -0.384. The zero-order valence-electron chi connectivity index (χ0n) is 10.2. The van der Waals surface area contributed by atoms with Crippen molar-refractivity contribution >= 4 is 11.7 Å². The van der Waals surface area contributed by atoms with Gasteiger partial charge < -0.3 is 5.11 Å². The van der Waals surface area contributed by atoms with Crippen molar-refractivity contribution in [2.45, 2.75) is 25.5 Å². The zero-order valence-corrected chi connectivity index (χ0v) is 10.2. The molecule has 7 nitrogen and oxygen atoms in total. The van der Waals surface area contributed by atoms with Crippen molar-refractivity contribution in [3.63, 3.8) is 0 Å². The molecule has 0 aromatic heterocycles. The summed E-state index contributed by atoms with van der Waals surface area (Å²) in [6, 6.07) is 5.40. The highest BCUT2D eigenvalue weighted by Crippen LogP contribution is 2.19. The molecule has 0 saturated carbocycles. The number of benzene rings is 1. The summed E-state index contributed by atoms with van der Waals surface area (Å²) in [4.78, 5) is 26.4. The molecule has 0 amide bonds. The van der Waals surface area contributed by atoms with E-state index in [2.05, 4.69) is 0 Å². The van der Waals surface area contributed by atoms with Gasteiger partial charge in [0.05, 0.1) is 11.5 Å². The van der Waals surface area contributed by atoms with Gasteiger partial charge in [0.25, 0.3) is 5.69 Å². The van der Waals surface area contributed by atoms with Gasteiger partial charge in [-0.25, -0.2) is 0 Å². The van der Waals surface area contributed by atoms with E-state index in [0.29, 0.717) is 13.0 Å². The Hall–Kier alpha value is -1.99. The first-order valence-corrected chi connectivity index (χ1v) is 5.93. The minimum atomic E-state index is -0.888. The molecule has 1 heterocycles. The lowest BCUT2D eigenvalue weighted by Crippen LogP contribution is -2.35. The molecular weight excluding hydrogens is 252 g/mol. The van der Waals surface area contributed by atoms with Crippen LogP contribution in [0.4, 0.5) is 5.69 Å². The minimum absolute atomic E-state index is 0.0216. The normalized spacial score (nSPS) is 19.5. The summed E-state index contributed by atoms with van der Waals surface area (Å²) < 4.78 is 0. The lowest BCUT2D eigenvalue weighted by Gasteiger charge is -2.20. The smallest absolute Gasteiger partial charge is 0.323 e. The molecule has 2 rings (SSSR count). The quantitative estimate of drug-likeness (QED) is 0.642. The molecule has 1 fully saturated rings. The third-order valence-electron chi connectivity index (χ3n) is 3.03. The van der Waals surface area contributed by atoms with E-state index in [-0.39, 0.29) is 12.3 Å². The fourth-order valence-corrected chi connectivity index (χ4v) is 2.01. The highest BCUT2D eigenvalue weighted by Gasteiger charge is 2.31. The average molecular weight is 266 g/mol.